The Morgan fingerprint density at radius 2 is 1.54 bits per heavy atom. The average Bonchev–Trinajstić information content (AvgIpc) is 3.50. The summed E-state index contributed by atoms with van der Waals surface area (Å²) in [5.41, 5.74) is -0.0876. The zero-order valence-corrected chi connectivity index (χ0v) is 29.8. The Hall–Kier alpha value is -2.38. The molecule has 0 aromatic carbocycles. The maximum absolute atomic E-state index is 14.7. The predicted molar refractivity (Wildman–Crippen MR) is 173 cm³/mol. The summed E-state index contributed by atoms with van der Waals surface area (Å²) in [4.78, 5) is 55.0. The fraction of sp³-hybridized carbons (Fsp3) is 0.842. The number of allylic oxidation sites excluding steroid dienone is 2. The molecule has 46 heavy (non-hydrogen) atoms. The smallest absolute Gasteiger partial charge is 0.410 e. The summed E-state index contributed by atoms with van der Waals surface area (Å²) in [5, 5.41) is 0. The number of carbonyl (C=O) groups excluding carboxylic acids is 4. The largest absolute Gasteiger partial charge is 0.469 e. The van der Waals surface area contributed by atoms with E-state index in [0.29, 0.717) is 19.4 Å². The van der Waals surface area contributed by atoms with Crippen molar-refractivity contribution in [2.24, 2.45) is 50.2 Å². The fourth-order valence-corrected chi connectivity index (χ4v) is 12.4. The molecule has 0 bridgehead atoms. The zero-order chi connectivity index (χ0) is 33.7. The van der Waals surface area contributed by atoms with Crippen molar-refractivity contribution in [1.29, 1.82) is 0 Å². The van der Waals surface area contributed by atoms with Crippen LogP contribution in [0.25, 0.3) is 0 Å². The normalized spacial score (nSPS) is 46.1. The number of esters is 2. The molecule has 8 heteroatoms. The first kappa shape index (κ1) is 33.5. The minimum absolute atomic E-state index is 0.0790. The molecule has 4 saturated carbocycles. The van der Waals surface area contributed by atoms with E-state index in [-0.39, 0.29) is 68.7 Å². The summed E-state index contributed by atoms with van der Waals surface area (Å²) >= 11 is 0. The van der Waals surface area contributed by atoms with Gasteiger partial charge in [0.05, 0.1) is 19.6 Å². The molecule has 0 aromatic heterocycles. The second-order valence-electron chi connectivity index (χ2n) is 17.9. The van der Waals surface area contributed by atoms with Gasteiger partial charge in [0.15, 0.2) is 5.78 Å². The van der Waals surface area contributed by atoms with Crippen molar-refractivity contribution >= 4 is 23.8 Å². The van der Waals surface area contributed by atoms with E-state index in [4.69, 9.17) is 14.2 Å². The van der Waals surface area contributed by atoms with Crippen molar-refractivity contribution < 1.29 is 33.4 Å². The molecule has 1 unspecified atom stereocenters. The Bertz CT molecular complexity index is 1350. The van der Waals surface area contributed by atoms with Gasteiger partial charge in [0.2, 0.25) is 0 Å². The molecule has 5 aliphatic carbocycles. The van der Waals surface area contributed by atoms with Crippen molar-refractivity contribution in [3.8, 4) is 0 Å². The Morgan fingerprint density at radius 3 is 2.22 bits per heavy atom. The van der Waals surface area contributed by atoms with E-state index in [1.807, 2.05) is 6.08 Å². The molecule has 10 atom stereocenters. The first-order valence-electron chi connectivity index (χ1n) is 17.8. The van der Waals surface area contributed by atoms with Gasteiger partial charge in [-0.05, 0) is 117 Å². The summed E-state index contributed by atoms with van der Waals surface area (Å²) in [7, 11) is 2.85. The van der Waals surface area contributed by atoms with Crippen LogP contribution in [-0.4, -0.2) is 61.6 Å². The number of hydrogen-bond acceptors (Lipinski definition) is 7. The molecule has 1 aliphatic heterocycles. The van der Waals surface area contributed by atoms with Crippen LogP contribution in [0.3, 0.4) is 0 Å². The molecule has 1 amide bonds. The number of methoxy groups -OCH3 is 2. The van der Waals surface area contributed by atoms with Gasteiger partial charge in [-0.1, -0.05) is 47.1 Å². The molecule has 6 rings (SSSR count). The lowest BCUT2D eigenvalue weighted by Gasteiger charge is -2.70. The standard InChI is InChI=1S/C38H57NO7/c1-33(2)27-12-15-38(7)29(36(27,5)14-13-28(33)46-32(43)39-20-10-11-25(39)30(41)44-8)26(40)21-23-24-22-35(4,31(42)45-9)17-16-34(24,3)18-19-37(23,38)6/h21,24-25,27-29H,10-20,22H2,1-9H3/t24-,25?,27+,28+,29-,34-,35+,36+,37-,38-/m1/s1. The van der Waals surface area contributed by atoms with Crippen LogP contribution in [-0.2, 0) is 28.6 Å². The van der Waals surface area contributed by atoms with E-state index in [1.165, 1.54) is 19.8 Å². The third kappa shape index (κ3) is 4.49. The molecular formula is C38H57NO7. The minimum Gasteiger partial charge on any atom is -0.469 e. The molecule has 0 radical (unpaired) electrons. The van der Waals surface area contributed by atoms with Gasteiger partial charge in [0.25, 0.3) is 0 Å². The third-order valence-electron chi connectivity index (χ3n) is 15.4. The number of fused-ring (bicyclic) bond motifs is 7. The van der Waals surface area contributed by atoms with E-state index in [0.717, 1.165) is 57.8 Å². The second kappa shape index (κ2) is 10.8. The molecule has 0 aromatic rings. The van der Waals surface area contributed by atoms with Crippen molar-refractivity contribution in [2.75, 3.05) is 20.8 Å². The number of amides is 1. The lowest BCUT2D eigenvalue weighted by atomic mass is 9.33. The van der Waals surface area contributed by atoms with Crippen molar-refractivity contribution in [2.45, 2.75) is 131 Å². The van der Waals surface area contributed by atoms with Crippen LogP contribution >= 0.6 is 0 Å². The first-order valence-corrected chi connectivity index (χ1v) is 17.8. The Labute approximate surface area is 275 Å². The molecule has 5 fully saturated rings. The molecule has 256 valence electrons. The fourth-order valence-electron chi connectivity index (χ4n) is 12.4. The molecule has 8 nitrogen and oxygen atoms in total. The molecule has 6 aliphatic rings. The summed E-state index contributed by atoms with van der Waals surface area (Å²) in [6.45, 7) is 16.5. The molecule has 0 N–H and O–H groups in total. The van der Waals surface area contributed by atoms with E-state index in [1.54, 1.807) is 4.90 Å². The van der Waals surface area contributed by atoms with Crippen LogP contribution in [0.1, 0.15) is 119 Å². The maximum atomic E-state index is 14.7. The third-order valence-corrected chi connectivity index (χ3v) is 15.4. The van der Waals surface area contributed by atoms with Crippen LogP contribution in [0.4, 0.5) is 4.79 Å². The molecule has 1 heterocycles. The monoisotopic (exact) mass is 639 g/mol. The Morgan fingerprint density at radius 1 is 0.848 bits per heavy atom. The SMILES string of the molecule is COC(=O)C1CCCN1C(=O)O[C@H]1CC[C@]2(C)[C@H]3C(=O)C=C4[C@H]5C[C@@](C)(C(=O)OC)CC[C@]5(C)CC[C@@]4(C)[C@]3(C)CC[C@H]2C1(C)C. The van der Waals surface area contributed by atoms with Gasteiger partial charge < -0.3 is 14.2 Å². The number of likely N-dealkylation sites (tertiary alicyclic amines) is 1. The average molecular weight is 640 g/mol. The first-order chi connectivity index (χ1) is 21.4. The van der Waals surface area contributed by atoms with E-state index in [9.17, 15) is 19.2 Å². The lowest BCUT2D eigenvalue weighted by molar-refractivity contribution is -0.203. The highest BCUT2D eigenvalue weighted by molar-refractivity contribution is 5.95. The number of rotatable bonds is 3. The lowest BCUT2D eigenvalue weighted by Crippen LogP contribution is -2.67. The summed E-state index contributed by atoms with van der Waals surface area (Å²) in [6, 6.07) is -0.585. The minimum atomic E-state index is -0.585. The molecule has 1 saturated heterocycles. The van der Waals surface area contributed by atoms with Crippen LogP contribution < -0.4 is 0 Å². The number of nitrogens with zero attached hydrogens (tertiary/aromatic N) is 1. The van der Waals surface area contributed by atoms with Crippen molar-refractivity contribution in [3.63, 3.8) is 0 Å². The van der Waals surface area contributed by atoms with Crippen LogP contribution in [0.2, 0.25) is 0 Å². The molecule has 0 spiro atoms. The Balaban J connectivity index is 1.30. The second-order valence-corrected chi connectivity index (χ2v) is 17.9. The van der Waals surface area contributed by atoms with E-state index in [2.05, 4.69) is 48.5 Å². The van der Waals surface area contributed by atoms with E-state index >= 15 is 0 Å². The highest BCUT2D eigenvalue weighted by Gasteiger charge is 2.70. The maximum Gasteiger partial charge on any atom is 0.410 e. The molecular weight excluding hydrogens is 582 g/mol. The Kier molecular flexibility index (Phi) is 7.88. The van der Waals surface area contributed by atoms with E-state index < -0.39 is 17.6 Å². The highest BCUT2D eigenvalue weighted by atomic mass is 16.6. The van der Waals surface area contributed by atoms with Crippen molar-refractivity contribution in [1.82, 2.24) is 4.90 Å². The van der Waals surface area contributed by atoms with Crippen molar-refractivity contribution in [3.05, 3.63) is 11.6 Å². The number of hydrogen-bond donors (Lipinski definition) is 0. The van der Waals surface area contributed by atoms with Gasteiger partial charge in [0.1, 0.15) is 12.1 Å². The summed E-state index contributed by atoms with van der Waals surface area (Å²) in [6.07, 6.45) is 10.8. The van der Waals surface area contributed by atoms with Gasteiger partial charge in [0, 0.05) is 17.9 Å². The van der Waals surface area contributed by atoms with Crippen LogP contribution in [0.15, 0.2) is 11.6 Å². The van der Waals surface area contributed by atoms with Gasteiger partial charge in [-0.15, -0.1) is 0 Å². The van der Waals surface area contributed by atoms with Gasteiger partial charge in [-0.3, -0.25) is 14.5 Å². The van der Waals surface area contributed by atoms with Gasteiger partial charge >= 0.3 is 18.0 Å². The topological polar surface area (TPSA) is 99.2 Å². The number of carbonyl (C=O) groups is 4. The summed E-state index contributed by atoms with van der Waals surface area (Å²) in [5.74, 6) is -0.00595. The summed E-state index contributed by atoms with van der Waals surface area (Å²) < 4.78 is 16.5. The quantitative estimate of drug-likeness (QED) is 0.236. The zero-order valence-electron chi connectivity index (χ0n) is 29.8. The van der Waals surface area contributed by atoms with Crippen LogP contribution in [0, 0.1) is 50.2 Å². The van der Waals surface area contributed by atoms with Crippen LogP contribution in [0.5, 0.6) is 0 Å². The predicted octanol–water partition coefficient (Wildman–Crippen LogP) is 7.28. The number of ketones is 1. The number of ether oxygens (including phenoxy) is 3. The van der Waals surface area contributed by atoms with Gasteiger partial charge in [-0.2, -0.15) is 0 Å². The highest BCUT2D eigenvalue weighted by Crippen LogP contribution is 2.75. The van der Waals surface area contributed by atoms with Gasteiger partial charge in [-0.25, -0.2) is 9.59 Å².